The van der Waals surface area contributed by atoms with E-state index in [2.05, 4.69) is 27.3 Å². The van der Waals surface area contributed by atoms with Crippen LogP contribution in [0.1, 0.15) is 74.5 Å². The molecule has 1 saturated carbocycles. The molecule has 0 aromatic carbocycles. The van der Waals surface area contributed by atoms with Gasteiger partial charge in [0.2, 0.25) is 10.0 Å². The first-order valence-electron chi connectivity index (χ1n) is 13.5. The summed E-state index contributed by atoms with van der Waals surface area (Å²) in [7, 11) is -1.33. The minimum absolute atomic E-state index is 0.0868. The molecule has 0 spiro atoms. The molecule has 3 heterocycles. The van der Waals surface area contributed by atoms with E-state index in [1.807, 2.05) is 13.8 Å². The molecule has 0 bridgehead atoms. The van der Waals surface area contributed by atoms with Crippen molar-refractivity contribution in [1.29, 1.82) is 0 Å². The topological polar surface area (TPSA) is 108 Å². The number of ether oxygens (including phenoxy) is 1. The van der Waals surface area contributed by atoms with Gasteiger partial charge in [-0.2, -0.15) is 4.31 Å². The number of nitrogens with zero attached hydrogens (tertiary/aromatic N) is 4. The molecule has 3 fully saturated rings. The summed E-state index contributed by atoms with van der Waals surface area (Å²) in [5.41, 5.74) is 0.311. The Kier molecular flexibility index (Phi) is 9.43. The van der Waals surface area contributed by atoms with Crippen LogP contribution < -0.4 is 5.32 Å². The number of hydrogen-bond acceptors (Lipinski definition) is 8. The number of piperidine rings is 1. The molecule has 4 rings (SSSR count). The molecule has 0 unspecified atom stereocenters. The van der Waals surface area contributed by atoms with Crippen LogP contribution in [0, 0.1) is 0 Å². The molecule has 3 atom stereocenters. The third kappa shape index (κ3) is 7.28. The lowest BCUT2D eigenvalue weighted by atomic mass is 9.93. The van der Waals surface area contributed by atoms with E-state index in [-0.39, 0.29) is 29.8 Å². The van der Waals surface area contributed by atoms with E-state index in [9.17, 15) is 13.2 Å². The molecular formula is C25H43N5O5S. The molecule has 204 valence electrons. The number of sulfonamides is 1. The first-order valence-corrected chi connectivity index (χ1v) is 15.1. The fraction of sp³-hybridized carbons (Fsp3) is 0.840. The molecule has 2 saturated heterocycles. The van der Waals surface area contributed by atoms with Crippen molar-refractivity contribution in [3.05, 3.63) is 17.5 Å². The Labute approximate surface area is 215 Å². The second kappa shape index (κ2) is 12.3. The summed E-state index contributed by atoms with van der Waals surface area (Å²) in [6.07, 6.45) is 4.70. The van der Waals surface area contributed by atoms with Crippen LogP contribution in [0.5, 0.6) is 0 Å². The van der Waals surface area contributed by atoms with Crippen molar-refractivity contribution in [2.45, 2.75) is 76.4 Å². The lowest BCUT2D eigenvalue weighted by molar-refractivity contribution is 0.0345. The van der Waals surface area contributed by atoms with Gasteiger partial charge in [-0.05, 0) is 59.0 Å². The van der Waals surface area contributed by atoms with Gasteiger partial charge in [0.25, 0.3) is 5.91 Å². The SMILES string of the molecule is CC[C@H]1C[C@@H](NC(=O)c2cc(C3CC3)on2)C[C@@H](C)N1S(=O)(=O)CCCN(C)CCN1CCOCC1. The standard InChI is InChI=1S/C25H43N5O5S/c1-4-22-17-21(26-25(31)23-18-24(35-27-23)20-6-7-20)16-19(2)30(22)36(32,33)15-5-8-28(3)9-10-29-11-13-34-14-12-29/h18-22H,4-17H2,1-3H3,(H,26,31)/t19-,21+,22+/m1/s1. The summed E-state index contributed by atoms with van der Waals surface area (Å²) in [5, 5.41) is 7.01. The fourth-order valence-corrected chi connectivity index (χ4v) is 7.49. The van der Waals surface area contributed by atoms with Gasteiger partial charge in [-0.3, -0.25) is 9.69 Å². The Morgan fingerprint density at radius 3 is 2.67 bits per heavy atom. The summed E-state index contributed by atoms with van der Waals surface area (Å²) in [6.45, 7) is 10.1. The number of morpholine rings is 1. The summed E-state index contributed by atoms with van der Waals surface area (Å²) >= 11 is 0. The second-order valence-electron chi connectivity index (χ2n) is 10.7. The molecule has 10 nitrogen and oxygen atoms in total. The van der Waals surface area contributed by atoms with Crippen LogP contribution in [-0.2, 0) is 14.8 Å². The number of aromatic nitrogens is 1. The van der Waals surface area contributed by atoms with Crippen LogP contribution in [0.25, 0.3) is 0 Å². The Balaban J connectivity index is 1.24. The number of rotatable bonds is 12. The number of hydrogen-bond donors (Lipinski definition) is 1. The predicted molar refractivity (Wildman–Crippen MR) is 138 cm³/mol. The maximum absolute atomic E-state index is 13.4. The van der Waals surface area contributed by atoms with Gasteiger partial charge >= 0.3 is 0 Å². The van der Waals surface area contributed by atoms with Gasteiger partial charge in [0, 0.05) is 56.3 Å². The van der Waals surface area contributed by atoms with E-state index in [1.165, 1.54) is 0 Å². The van der Waals surface area contributed by atoms with Crippen molar-refractivity contribution in [2.75, 3.05) is 58.7 Å². The largest absolute Gasteiger partial charge is 0.379 e. The molecule has 1 aromatic heterocycles. The number of carbonyl (C=O) groups is 1. The summed E-state index contributed by atoms with van der Waals surface area (Å²) in [4.78, 5) is 17.3. The summed E-state index contributed by atoms with van der Waals surface area (Å²) < 4.78 is 39.1. The molecular weight excluding hydrogens is 482 g/mol. The summed E-state index contributed by atoms with van der Waals surface area (Å²) in [5.74, 6) is 1.10. The smallest absolute Gasteiger partial charge is 0.273 e. The van der Waals surface area contributed by atoms with E-state index in [1.54, 1.807) is 10.4 Å². The predicted octanol–water partition coefficient (Wildman–Crippen LogP) is 1.90. The molecule has 3 aliphatic rings. The van der Waals surface area contributed by atoms with Crippen LogP contribution in [-0.4, -0.2) is 110 Å². The molecule has 11 heteroatoms. The van der Waals surface area contributed by atoms with Crippen molar-refractivity contribution in [1.82, 2.24) is 24.6 Å². The van der Waals surface area contributed by atoms with Crippen LogP contribution >= 0.6 is 0 Å². The maximum Gasteiger partial charge on any atom is 0.273 e. The van der Waals surface area contributed by atoms with Crippen molar-refractivity contribution in [2.24, 2.45) is 0 Å². The average molecular weight is 526 g/mol. The Bertz CT molecular complexity index is 960. The number of amides is 1. The molecule has 2 aliphatic heterocycles. The van der Waals surface area contributed by atoms with Crippen molar-refractivity contribution >= 4 is 15.9 Å². The van der Waals surface area contributed by atoms with E-state index in [0.717, 1.165) is 64.5 Å². The highest BCUT2D eigenvalue weighted by Gasteiger charge is 2.40. The lowest BCUT2D eigenvalue weighted by Gasteiger charge is -2.43. The van der Waals surface area contributed by atoms with Gasteiger partial charge in [0.15, 0.2) is 5.69 Å². The minimum atomic E-state index is -3.39. The Hall–Kier alpha value is -1.53. The normalized spacial score (nSPS) is 26.4. The Morgan fingerprint density at radius 1 is 1.22 bits per heavy atom. The van der Waals surface area contributed by atoms with Crippen molar-refractivity contribution < 1.29 is 22.5 Å². The highest BCUT2D eigenvalue weighted by atomic mass is 32.2. The van der Waals surface area contributed by atoms with Crippen molar-refractivity contribution in [3.8, 4) is 0 Å². The third-order valence-electron chi connectivity index (χ3n) is 7.69. The zero-order valence-corrected chi connectivity index (χ0v) is 22.8. The van der Waals surface area contributed by atoms with E-state index in [4.69, 9.17) is 9.26 Å². The molecule has 0 radical (unpaired) electrons. The van der Waals surface area contributed by atoms with Crippen LogP contribution in [0.2, 0.25) is 0 Å². The average Bonchev–Trinajstić information content (AvgIpc) is 3.58. The molecule has 36 heavy (non-hydrogen) atoms. The van der Waals surface area contributed by atoms with Gasteiger partial charge in [-0.25, -0.2) is 8.42 Å². The van der Waals surface area contributed by atoms with Crippen LogP contribution in [0.15, 0.2) is 10.6 Å². The van der Waals surface area contributed by atoms with Gasteiger partial charge in [0.1, 0.15) is 5.76 Å². The first kappa shape index (κ1) is 27.5. The van der Waals surface area contributed by atoms with Gasteiger partial charge in [0.05, 0.1) is 19.0 Å². The zero-order valence-electron chi connectivity index (χ0n) is 22.0. The molecule has 1 aliphatic carbocycles. The van der Waals surface area contributed by atoms with E-state index in [0.29, 0.717) is 37.3 Å². The van der Waals surface area contributed by atoms with Gasteiger partial charge < -0.3 is 19.5 Å². The molecule has 1 aromatic rings. The van der Waals surface area contributed by atoms with Gasteiger partial charge in [-0.1, -0.05) is 12.1 Å². The molecule has 1 N–H and O–H groups in total. The van der Waals surface area contributed by atoms with Crippen molar-refractivity contribution in [3.63, 3.8) is 0 Å². The van der Waals surface area contributed by atoms with Crippen LogP contribution in [0.3, 0.4) is 0 Å². The van der Waals surface area contributed by atoms with Gasteiger partial charge in [-0.15, -0.1) is 0 Å². The highest BCUT2D eigenvalue weighted by Crippen LogP contribution is 2.40. The monoisotopic (exact) mass is 525 g/mol. The third-order valence-corrected chi connectivity index (χ3v) is 9.79. The second-order valence-corrected chi connectivity index (χ2v) is 12.7. The van der Waals surface area contributed by atoms with Crippen LogP contribution in [0.4, 0.5) is 0 Å². The maximum atomic E-state index is 13.4. The van der Waals surface area contributed by atoms with E-state index < -0.39 is 10.0 Å². The minimum Gasteiger partial charge on any atom is -0.379 e. The van der Waals surface area contributed by atoms with E-state index >= 15 is 0 Å². The molecule has 1 amide bonds. The zero-order chi connectivity index (χ0) is 25.7. The quantitative estimate of drug-likeness (QED) is 0.441. The number of carbonyl (C=O) groups excluding carboxylic acids is 1. The fourth-order valence-electron chi connectivity index (χ4n) is 5.46. The summed E-state index contributed by atoms with van der Waals surface area (Å²) in [6, 6.07) is 1.36. The number of nitrogens with one attached hydrogen (secondary N) is 1. The number of likely N-dealkylation sites (N-methyl/N-ethyl adjacent to an activating group) is 1. The Morgan fingerprint density at radius 2 is 1.97 bits per heavy atom. The first-order chi connectivity index (χ1) is 17.3. The highest BCUT2D eigenvalue weighted by molar-refractivity contribution is 7.89. The lowest BCUT2D eigenvalue weighted by Crippen LogP contribution is -2.56.